The van der Waals surface area contributed by atoms with Gasteiger partial charge in [-0.15, -0.1) is 0 Å². The first-order valence-electron chi connectivity index (χ1n) is 6.12. The number of amides is 1. The predicted octanol–water partition coefficient (Wildman–Crippen LogP) is 2.15. The first-order chi connectivity index (χ1) is 7.58. The minimum absolute atomic E-state index is 0.137. The molecule has 0 atom stereocenters. The van der Waals surface area contributed by atoms with E-state index < -0.39 is 0 Å². The molecule has 0 aliphatic carbocycles. The molecule has 0 aliphatic rings. The quantitative estimate of drug-likeness (QED) is 0.613. The van der Waals surface area contributed by atoms with Gasteiger partial charge in [0.1, 0.15) is 0 Å². The molecule has 0 aromatic rings. The number of hydrogen-bond acceptors (Lipinski definition) is 3. The summed E-state index contributed by atoms with van der Waals surface area (Å²) >= 11 is 1.83. The van der Waals surface area contributed by atoms with Crippen LogP contribution in [0, 0.1) is 0 Å². The molecule has 0 saturated carbocycles. The lowest BCUT2D eigenvalue weighted by atomic mass is 9.94. The fraction of sp³-hybridized carbons (Fsp3) is 0.917. The molecule has 1 amide bonds. The van der Waals surface area contributed by atoms with E-state index in [0.717, 1.165) is 31.4 Å². The van der Waals surface area contributed by atoms with Crippen molar-refractivity contribution in [3.05, 3.63) is 0 Å². The molecule has 96 valence electrons. The lowest BCUT2D eigenvalue weighted by molar-refractivity contribution is -0.121. The van der Waals surface area contributed by atoms with Crippen molar-refractivity contribution in [2.45, 2.75) is 51.5 Å². The summed E-state index contributed by atoms with van der Waals surface area (Å²) in [6.07, 6.45) is 6.61. The van der Waals surface area contributed by atoms with Gasteiger partial charge in [0.25, 0.3) is 0 Å². The van der Waals surface area contributed by atoms with Crippen LogP contribution in [0.5, 0.6) is 0 Å². The van der Waals surface area contributed by atoms with Crippen molar-refractivity contribution in [1.82, 2.24) is 5.32 Å². The average Bonchev–Trinajstić information content (AvgIpc) is 2.31. The van der Waals surface area contributed by atoms with Gasteiger partial charge >= 0.3 is 0 Å². The van der Waals surface area contributed by atoms with E-state index in [1.165, 1.54) is 0 Å². The standard InChI is InChI=1S/C12H26N2OS/c1-4-12(13,5-2)10-14-11(15)8-6-7-9-16-3/h4-10,13H2,1-3H3,(H,14,15). The topological polar surface area (TPSA) is 55.1 Å². The summed E-state index contributed by atoms with van der Waals surface area (Å²) < 4.78 is 0. The van der Waals surface area contributed by atoms with Crippen LogP contribution in [0.25, 0.3) is 0 Å². The predicted molar refractivity (Wildman–Crippen MR) is 72.7 cm³/mol. The molecule has 0 bridgehead atoms. The highest BCUT2D eigenvalue weighted by Gasteiger charge is 2.20. The van der Waals surface area contributed by atoms with E-state index in [1.807, 2.05) is 11.8 Å². The Labute approximate surface area is 104 Å². The Hall–Kier alpha value is -0.220. The molecule has 0 spiro atoms. The SMILES string of the molecule is CCC(N)(CC)CNC(=O)CCCCSC. The van der Waals surface area contributed by atoms with Crippen molar-refractivity contribution < 1.29 is 4.79 Å². The van der Waals surface area contributed by atoms with Gasteiger partial charge in [-0.3, -0.25) is 4.79 Å². The maximum absolute atomic E-state index is 11.5. The maximum Gasteiger partial charge on any atom is 0.220 e. The van der Waals surface area contributed by atoms with E-state index in [9.17, 15) is 4.79 Å². The molecule has 0 unspecified atom stereocenters. The molecule has 0 radical (unpaired) electrons. The van der Waals surface area contributed by atoms with Gasteiger partial charge in [0, 0.05) is 18.5 Å². The molecule has 16 heavy (non-hydrogen) atoms. The van der Waals surface area contributed by atoms with Crippen LogP contribution >= 0.6 is 11.8 Å². The molecule has 0 fully saturated rings. The van der Waals surface area contributed by atoms with Crippen molar-refractivity contribution in [2.75, 3.05) is 18.6 Å². The summed E-state index contributed by atoms with van der Waals surface area (Å²) in [5, 5.41) is 2.93. The van der Waals surface area contributed by atoms with Crippen LogP contribution in [-0.2, 0) is 4.79 Å². The van der Waals surface area contributed by atoms with Crippen LogP contribution in [-0.4, -0.2) is 30.0 Å². The Bertz CT molecular complexity index is 193. The van der Waals surface area contributed by atoms with Crippen molar-refractivity contribution in [3.8, 4) is 0 Å². The summed E-state index contributed by atoms with van der Waals surface area (Å²) in [4.78, 5) is 11.5. The maximum atomic E-state index is 11.5. The van der Waals surface area contributed by atoms with E-state index in [4.69, 9.17) is 5.73 Å². The second kappa shape index (κ2) is 8.88. The molecule has 0 aliphatic heterocycles. The number of thioether (sulfide) groups is 1. The number of unbranched alkanes of at least 4 members (excludes halogenated alkanes) is 1. The number of nitrogens with one attached hydrogen (secondary N) is 1. The second-order valence-corrected chi connectivity index (χ2v) is 5.28. The third kappa shape index (κ3) is 7.12. The first kappa shape index (κ1) is 15.8. The molecule has 3 nitrogen and oxygen atoms in total. The first-order valence-corrected chi connectivity index (χ1v) is 7.52. The molecule has 0 rings (SSSR count). The van der Waals surface area contributed by atoms with Crippen molar-refractivity contribution in [2.24, 2.45) is 5.73 Å². The minimum Gasteiger partial charge on any atom is -0.354 e. The Morgan fingerprint density at radius 2 is 1.94 bits per heavy atom. The van der Waals surface area contributed by atoms with Crippen LogP contribution in [0.1, 0.15) is 46.0 Å². The summed E-state index contributed by atoms with van der Waals surface area (Å²) in [5.74, 6) is 1.27. The van der Waals surface area contributed by atoms with Gasteiger partial charge < -0.3 is 11.1 Å². The monoisotopic (exact) mass is 246 g/mol. The van der Waals surface area contributed by atoms with Gasteiger partial charge in [-0.05, 0) is 37.7 Å². The Kier molecular flexibility index (Phi) is 8.76. The van der Waals surface area contributed by atoms with Gasteiger partial charge in [-0.2, -0.15) is 11.8 Å². The number of carbonyl (C=O) groups is 1. The fourth-order valence-electron chi connectivity index (χ4n) is 1.39. The van der Waals surface area contributed by atoms with E-state index in [1.54, 1.807) is 0 Å². The van der Waals surface area contributed by atoms with E-state index in [0.29, 0.717) is 13.0 Å². The summed E-state index contributed by atoms with van der Waals surface area (Å²) in [7, 11) is 0. The molecule has 0 saturated heterocycles. The lowest BCUT2D eigenvalue weighted by Gasteiger charge is -2.26. The average molecular weight is 246 g/mol. The zero-order chi connectivity index (χ0) is 12.4. The summed E-state index contributed by atoms with van der Waals surface area (Å²) in [6, 6.07) is 0. The second-order valence-electron chi connectivity index (χ2n) is 4.30. The van der Waals surface area contributed by atoms with Crippen LogP contribution < -0.4 is 11.1 Å². The number of carbonyl (C=O) groups excluding carboxylic acids is 1. The number of rotatable bonds is 9. The largest absolute Gasteiger partial charge is 0.354 e. The van der Waals surface area contributed by atoms with E-state index in [-0.39, 0.29) is 11.4 Å². The molecule has 0 aromatic carbocycles. The van der Waals surface area contributed by atoms with Crippen molar-refractivity contribution >= 4 is 17.7 Å². The van der Waals surface area contributed by atoms with Crippen LogP contribution in [0.3, 0.4) is 0 Å². The zero-order valence-corrected chi connectivity index (χ0v) is 11.7. The van der Waals surface area contributed by atoms with Crippen LogP contribution in [0.2, 0.25) is 0 Å². The summed E-state index contributed by atoms with van der Waals surface area (Å²) in [6.45, 7) is 4.73. The Morgan fingerprint density at radius 3 is 2.44 bits per heavy atom. The number of nitrogens with two attached hydrogens (primary N) is 1. The van der Waals surface area contributed by atoms with Crippen LogP contribution in [0.4, 0.5) is 0 Å². The Morgan fingerprint density at radius 1 is 1.31 bits per heavy atom. The molecule has 0 aromatic heterocycles. The minimum atomic E-state index is -0.227. The van der Waals surface area contributed by atoms with Gasteiger partial charge in [-0.25, -0.2) is 0 Å². The van der Waals surface area contributed by atoms with Gasteiger partial charge in [0.05, 0.1) is 0 Å². The molecule has 0 heterocycles. The zero-order valence-electron chi connectivity index (χ0n) is 10.8. The number of hydrogen-bond donors (Lipinski definition) is 2. The summed E-state index contributed by atoms with van der Waals surface area (Å²) in [5.41, 5.74) is 5.88. The molecule has 4 heteroatoms. The van der Waals surface area contributed by atoms with Gasteiger partial charge in [-0.1, -0.05) is 13.8 Å². The molecular weight excluding hydrogens is 220 g/mol. The van der Waals surface area contributed by atoms with E-state index in [2.05, 4.69) is 25.4 Å². The fourth-order valence-corrected chi connectivity index (χ4v) is 1.89. The molecule has 3 N–H and O–H groups in total. The lowest BCUT2D eigenvalue weighted by Crippen LogP contribution is -2.49. The Balaban J connectivity index is 3.64. The van der Waals surface area contributed by atoms with Crippen molar-refractivity contribution in [3.63, 3.8) is 0 Å². The highest BCUT2D eigenvalue weighted by Crippen LogP contribution is 2.09. The smallest absolute Gasteiger partial charge is 0.220 e. The third-order valence-corrected chi connectivity index (χ3v) is 3.75. The third-order valence-electron chi connectivity index (χ3n) is 3.05. The normalized spacial score (nSPS) is 11.5. The van der Waals surface area contributed by atoms with Gasteiger partial charge in [0.2, 0.25) is 5.91 Å². The highest BCUT2D eigenvalue weighted by molar-refractivity contribution is 7.98. The van der Waals surface area contributed by atoms with Crippen LogP contribution in [0.15, 0.2) is 0 Å². The highest BCUT2D eigenvalue weighted by atomic mass is 32.2. The van der Waals surface area contributed by atoms with E-state index >= 15 is 0 Å². The van der Waals surface area contributed by atoms with Gasteiger partial charge in [0.15, 0.2) is 0 Å². The molecular formula is C12H26N2OS. The van der Waals surface area contributed by atoms with Crippen molar-refractivity contribution in [1.29, 1.82) is 0 Å².